The van der Waals surface area contributed by atoms with Crippen molar-refractivity contribution in [2.24, 2.45) is 5.16 Å². The molecule has 2 atom stereocenters. The molecule has 22 heavy (non-hydrogen) atoms. The fourth-order valence-corrected chi connectivity index (χ4v) is 3.52. The van der Waals surface area contributed by atoms with E-state index in [2.05, 4.69) is 5.16 Å². The van der Waals surface area contributed by atoms with E-state index in [-0.39, 0.29) is 11.0 Å². The molecule has 1 saturated carbocycles. The Balaban J connectivity index is 2.11. The minimum Gasteiger partial charge on any atom is -0.390 e. The molecule has 0 amide bonds. The molecule has 1 aromatic carbocycles. The van der Waals surface area contributed by atoms with Crippen molar-refractivity contribution in [3.05, 3.63) is 29.8 Å². The molecule has 0 saturated heterocycles. The van der Waals surface area contributed by atoms with E-state index < -0.39 is 16.2 Å². The highest BCUT2D eigenvalue weighted by Crippen LogP contribution is 2.27. The van der Waals surface area contributed by atoms with Crippen LogP contribution in [0.5, 0.6) is 0 Å². The Labute approximate surface area is 132 Å². The molecule has 2 rings (SSSR count). The summed E-state index contributed by atoms with van der Waals surface area (Å²) in [5.74, 6) is 0. The molecule has 0 aromatic heterocycles. The molecule has 0 heterocycles. The Kier molecular flexibility index (Phi) is 5.58. The summed E-state index contributed by atoms with van der Waals surface area (Å²) >= 11 is 0. The van der Waals surface area contributed by atoms with Crippen molar-refractivity contribution < 1.29 is 17.4 Å². The Bertz CT molecular complexity index is 618. The van der Waals surface area contributed by atoms with E-state index >= 15 is 0 Å². The molecular formula is C16H23NO4S. The number of hydrogen-bond acceptors (Lipinski definition) is 5. The summed E-state index contributed by atoms with van der Waals surface area (Å²) < 4.78 is 30.2. The van der Waals surface area contributed by atoms with Gasteiger partial charge in [0.1, 0.15) is 6.10 Å². The zero-order chi connectivity index (χ0) is 16.2. The SMILES string of the molecule is CC(C)=NO[C@@H]1CCCC[C@H]1OS(=O)(=O)c1ccc(C)cc1. The largest absolute Gasteiger partial charge is 0.390 e. The van der Waals surface area contributed by atoms with Crippen LogP contribution in [0.15, 0.2) is 34.3 Å². The molecule has 5 nitrogen and oxygen atoms in total. The van der Waals surface area contributed by atoms with E-state index in [0.29, 0.717) is 6.42 Å². The van der Waals surface area contributed by atoms with Gasteiger partial charge in [-0.15, -0.1) is 0 Å². The molecule has 0 N–H and O–H groups in total. The van der Waals surface area contributed by atoms with Crippen molar-refractivity contribution in [3.63, 3.8) is 0 Å². The van der Waals surface area contributed by atoms with Gasteiger partial charge in [-0.05, 0) is 52.2 Å². The maximum atomic E-state index is 12.4. The van der Waals surface area contributed by atoms with E-state index in [4.69, 9.17) is 9.02 Å². The summed E-state index contributed by atoms with van der Waals surface area (Å²) in [6, 6.07) is 6.65. The first kappa shape index (κ1) is 17.0. The number of aryl methyl sites for hydroxylation is 1. The monoisotopic (exact) mass is 325 g/mol. The van der Waals surface area contributed by atoms with Crippen molar-refractivity contribution in [1.29, 1.82) is 0 Å². The fourth-order valence-electron chi connectivity index (χ4n) is 2.39. The van der Waals surface area contributed by atoms with Gasteiger partial charge in [0.2, 0.25) is 0 Å². The zero-order valence-corrected chi connectivity index (χ0v) is 14.1. The predicted octanol–water partition coefficient (Wildman–Crippen LogP) is 3.42. The molecule has 1 aliphatic carbocycles. The quantitative estimate of drug-likeness (QED) is 0.473. The number of nitrogens with zero attached hydrogens (tertiary/aromatic N) is 1. The fraction of sp³-hybridized carbons (Fsp3) is 0.562. The third-order valence-electron chi connectivity index (χ3n) is 3.57. The normalized spacial score (nSPS) is 22.1. The van der Waals surface area contributed by atoms with E-state index in [0.717, 1.165) is 30.5 Å². The lowest BCUT2D eigenvalue weighted by Crippen LogP contribution is -2.35. The molecule has 0 aliphatic heterocycles. The highest BCUT2D eigenvalue weighted by molar-refractivity contribution is 7.86. The van der Waals surface area contributed by atoms with Crippen molar-refractivity contribution in [2.45, 2.75) is 63.6 Å². The average Bonchev–Trinajstić information content (AvgIpc) is 2.46. The van der Waals surface area contributed by atoms with Gasteiger partial charge in [0.15, 0.2) is 6.10 Å². The molecular weight excluding hydrogens is 302 g/mol. The second kappa shape index (κ2) is 7.24. The van der Waals surface area contributed by atoms with Gasteiger partial charge >= 0.3 is 0 Å². The van der Waals surface area contributed by atoms with Gasteiger partial charge in [-0.3, -0.25) is 4.18 Å². The molecule has 6 heteroatoms. The van der Waals surface area contributed by atoms with Gasteiger partial charge in [-0.1, -0.05) is 29.3 Å². The van der Waals surface area contributed by atoms with E-state index in [1.807, 2.05) is 20.8 Å². The highest BCUT2D eigenvalue weighted by Gasteiger charge is 2.32. The van der Waals surface area contributed by atoms with E-state index in [1.165, 1.54) is 0 Å². The highest BCUT2D eigenvalue weighted by atomic mass is 32.2. The number of benzene rings is 1. The third kappa shape index (κ3) is 4.55. The lowest BCUT2D eigenvalue weighted by atomic mass is 9.95. The minimum absolute atomic E-state index is 0.178. The van der Waals surface area contributed by atoms with Crippen LogP contribution in [-0.2, 0) is 19.1 Å². The van der Waals surface area contributed by atoms with Gasteiger partial charge in [0.05, 0.1) is 10.6 Å². The topological polar surface area (TPSA) is 65.0 Å². The maximum Gasteiger partial charge on any atom is 0.297 e. The van der Waals surface area contributed by atoms with Gasteiger partial charge in [0.25, 0.3) is 10.1 Å². The van der Waals surface area contributed by atoms with Gasteiger partial charge in [-0.25, -0.2) is 0 Å². The van der Waals surface area contributed by atoms with Crippen LogP contribution >= 0.6 is 0 Å². The second-order valence-electron chi connectivity index (χ2n) is 5.87. The molecule has 1 aromatic rings. The summed E-state index contributed by atoms with van der Waals surface area (Å²) in [6.07, 6.45) is 2.54. The maximum absolute atomic E-state index is 12.4. The molecule has 1 aliphatic rings. The van der Waals surface area contributed by atoms with Crippen LogP contribution in [0.4, 0.5) is 0 Å². The Morgan fingerprint density at radius 3 is 2.27 bits per heavy atom. The van der Waals surface area contributed by atoms with E-state index in [9.17, 15) is 8.42 Å². The second-order valence-corrected chi connectivity index (χ2v) is 7.44. The molecule has 1 fully saturated rings. The summed E-state index contributed by atoms with van der Waals surface area (Å²) in [4.78, 5) is 5.63. The van der Waals surface area contributed by atoms with Crippen LogP contribution in [0, 0.1) is 6.92 Å². The van der Waals surface area contributed by atoms with Crippen LogP contribution in [-0.4, -0.2) is 26.3 Å². The van der Waals surface area contributed by atoms with Crippen LogP contribution in [0.25, 0.3) is 0 Å². The van der Waals surface area contributed by atoms with Crippen LogP contribution in [0.2, 0.25) is 0 Å². The Morgan fingerprint density at radius 1 is 1.09 bits per heavy atom. The third-order valence-corrected chi connectivity index (χ3v) is 4.92. The summed E-state index contributed by atoms with van der Waals surface area (Å²) in [6.45, 7) is 5.58. The summed E-state index contributed by atoms with van der Waals surface area (Å²) in [5.41, 5.74) is 1.80. The van der Waals surface area contributed by atoms with E-state index in [1.54, 1.807) is 24.3 Å². The molecule has 0 radical (unpaired) electrons. The first-order chi connectivity index (χ1) is 10.4. The average molecular weight is 325 g/mol. The lowest BCUT2D eigenvalue weighted by molar-refractivity contribution is -0.0434. The van der Waals surface area contributed by atoms with Gasteiger partial charge in [-0.2, -0.15) is 8.42 Å². The first-order valence-electron chi connectivity index (χ1n) is 7.55. The Morgan fingerprint density at radius 2 is 1.68 bits per heavy atom. The smallest absolute Gasteiger partial charge is 0.297 e. The van der Waals surface area contributed by atoms with Crippen LogP contribution in [0.1, 0.15) is 45.1 Å². The van der Waals surface area contributed by atoms with Crippen LogP contribution in [0.3, 0.4) is 0 Å². The molecule has 122 valence electrons. The summed E-state index contributed by atoms with van der Waals surface area (Å²) in [5, 5.41) is 3.95. The van der Waals surface area contributed by atoms with Crippen LogP contribution < -0.4 is 0 Å². The lowest BCUT2D eigenvalue weighted by Gasteiger charge is -2.28. The standard InChI is InChI=1S/C16H23NO4S/c1-12(2)17-20-15-6-4-5-7-16(15)21-22(18,19)14-10-8-13(3)9-11-14/h8-11,15-16H,4-7H2,1-3H3/t15-,16-/m1/s1. The minimum atomic E-state index is -3.78. The first-order valence-corrected chi connectivity index (χ1v) is 8.96. The predicted molar refractivity (Wildman–Crippen MR) is 85.4 cm³/mol. The number of hydrogen-bond donors (Lipinski definition) is 0. The van der Waals surface area contributed by atoms with Crippen molar-refractivity contribution in [3.8, 4) is 0 Å². The number of oxime groups is 1. The van der Waals surface area contributed by atoms with Gasteiger partial charge in [0, 0.05) is 0 Å². The Hall–Kier alpha value is -1.40. The van der Waals surface area contributed by atoms with Crippen molar-refractivity contribution in [1.82, 2.24) is 0 Å². The zero-order valence-electron chi connectivity index (χ0n) is 13.3. The number of rotatable bonds is 5. The molecule has 0 bridgehead atoms. The van der Waals surface area contributed by atoms with Gasteiger partial charge < -0.3 is 4.84 Å². The van der Waals surface area contributed by atoms with Crippen molar-refractivity contribution >= 4 is 15.8 Å². The summed E-state index contributed by atoms with van der Waals surface area (Å²) in [7, 11) is -3.78. The molecule has 0 spiro atoms. The molecule has 0 unspecified atom stereocenters. The van der Waals surface area contributed by atoms with Crippen molar-refractivity contribution in [2.75, 3.05) is 0 Å².